The quantitative estimate of drug-likeness (QED) is 0.829. The van der Waals surface area contributed by atoms with Gasteiger partial charge < -0.3 is 9.47 Å². The first-order chi connectivity index (χ1) is 12.7. The Morgan fingerprint density at radius 1 is 1.26 bits per heavy atom. The minimum absolute atomic E-state index is 0.183. The Bertz CT molecular complexity index is 914. The smallest absolute Gasteiger partial charge is 0.311 e. The Hall–Kier alpha value is -2.41. The normalized spacial score (nSPS) is 42.3. The predicted octanol–water partition coefficient (Wildman–Crippen LogP) is 0.935. The molecule has 27 heavy (non-hydrogen) atoms. The number of hydrogen-bond acceptors (Lipinski definition) is 5. The lowest BCUT2D eigenvalue weighted by molar-refractivity contribution is -0.680. The maximum Gasteiger partial charge on any atom is 0.343 e. The van der Waals surface area contributed by atoms with E-state index in [1.807, 2.05) is 32.0 Å². The van der Waals surface area contributed by atoms with E-state index in [-0.39, 0.29) is 17.4 Å². The summed E-state index contributed by atoms with van der Waals surface area (Å²) >= 11 is 0. The lowest BCUT2D eigenvalue weighted by Gasteiger charge is -2.33. The second-order valence-corrected chi connectivity index (χ2v) is 8.88. The average Bonchev–Trinajstić information content (AvgIpc) is 2.82. The highest BCUT2D eigenvalue weighted by Gasteiger charge is 3.03. The minimum Gasteiger partial charge on any atom is -0.311 e. The summed E-state index contributed by atoms with van der Waals surface area (Å²) in [5, 5.41) is 20.5. The van der Waals surface area contributed by atoms with Gasteiger partial charge >= 0.3 is 5.91 Å². The molecule has 1 spiro atoms. The van der Waals surface area contributed by atoms with Gasteiger partial charge in [-0.3, -0.25) is 5.73 Å². The van der Waals surface area contributed by atoms with E-state index in [9.17, 15) is 10.5 Å². The number of nitrogens with two attached hydrogens (primary N) is 1. The van der Waals surface area contributed by atoms with Crippen molar-refractivity contribution in [2.24, 2.45) is 22.0 Å². The molecule has 3 aliphatic rings. The van der Waals surface area contributed by atoms with Gasteiger partial charge in [0.2, 0.25) is 0 Å². The molecule has 1 aliphatic carbocycles. The van der Waals surface area contributed by atoms with E-state index in [2.05, 4.69) is 43.1 Å². The Kier molecular flexibility index (Phi) is 3.39. The molecule has 4 rings (SSSR count). The van der Waals surface area contributed by atoms with Crippen molar-refractivity contribution in [3.8, 4) is 12.1 Å². The Labute approximate surface area is 159 Å². The van der Waals surface area contributed by atoms with Crippen molar-refractivity contribution >= 4 is 5.84 Å². The molecule has 1 aromatic carbocycles. The van der Waals surface area contributed by atoms with Crippen LogP contribution in [-0.2, 0) is 14.9 Å². The Balaban J connectivity index is 1.83. The minimum atomic E-state index is -1.37. The first-order valence-corrected chi connectivity index (χ1v) is 9.27. The molecule has 140 valence electrons. The SMILES string of the molecule is C[C@@H]1CO[C@@]2([NH+]=C(N)[C@@]3(C#N)[C@](C)(CC(C)(C)c4ccccc4)[C@@]23C#N)O1. The van der Waals surface area contributed by atoms with Crippen molar-refractivity contribution in [2.45, 2.75) is 51.5 Å². The van der Waals surface area contributed by atoms with Crippen LogP contribution in [0.4, 0.5) is 0 Å². The average molecular weight is 365 g/mol. The summed E-state index contributed by atoms with van der Waals surface area (Å²) in [6, 6.07) is 14.9. The summed E-state index contributed by atoms with van der Waals surface area (Å²) in [6.07, 6.45) is 0.410. The van der Waals surface area contributed by atoms with Gasteiger partial charge in [-0.15, -0.1) is 0 Å². The van der Waals surface area contributed by atoms with Crippen molar-refractivity contribution in [2.75, 3.05) is 6.61 Å². The second kappa shape index (κ2) is 5.10. The summed E-state index contributed by atoms with van der Waals surface area (Å²) < 4.78 is 12.0. The van der Waals surface area contributed by atoms with Crippen LogP contribution in [-0.4, -0.2) is 24.5 Å². The Morgan fingerprint density at radius 2 is 1.93 bits per heavy atom. The fourth-order valence-corrected chi connectivity index (χ4v) is 5.79. The molecule has 0 aromatic heterocycles. The molecule has 2 fully saturated rings. The summed E-state index contributed by atoms with van der Waals surface area (Å²) in [7, 11) is 0. The highest BCUT2D eigenvalue weighted by Crippen LogP contribution is 2.85. The van der Waals surface area contributed by atoms with Crippen LogP contribution in [0.2, 0.25) is 0 Å². The molecule has 5 atom stereocenters. The number of rotatable bonds is 3. The van der Waals surface area contributed by atoms with Gasteiger partial charge in [-0.05, 0) is 24.3 Å². The summed E-state index contributed by atoms with van der Waals surface area (Å²) in [5.41, 5.74) is 4.13. The first-order valence-electron chi connectivity index (χ1n) is 9.27. The molecule has 6 heteroatoms. The number of nitrogens with one attached hydrogen (secondary N) is 1. The van der Waals surface area contributed by atoms with Crippen molar-refractivity contribution in [3.05, 3.63) is 35.9 Å². The number of benzene rings is 1. The highest BCUT2D eigenvalue weighted by molar-refractivity contribution is 5.94. The van der Waals surface area contributed by atoms with E-state index in [0.29, 0.717) is 13.0 Å². The largest absolute Gasteiger partial charge is 0.343 e. The van der Waals surface area contributed by atoms with Gasteiger partial charge in [0.25, 0.3) is 5.84 Å². The molecule has 0 amide bonds. The predicted molar refractivity (Wildman–Crippen MR) is 97.7 cm³/mol. The zero-order valence-corrected chi connectivity index (χ0v) is 16.2. The number of ether oxygens (including phenoxy) is 2. The lowest BCUT2D eigenvalue weighted by Crippen LogP contribution is -2.90. The summed E-state index contributed by atoms with van der Waals surface area (Å²) in [6.45, 7) is 8.47. The molecule has 2 heterocycles. The first kappa shape index (κ1) is 18.0. The molecule has 1 aromatic rings. The molecule has 1 saturated heterocycles. The van der Waals surface area contributed by atoms with Crippen LogP contribution in [0.3, 0.4) is 0 Å². The molecule has 0 bridgehead atoms. The van der Waals surface area contributed by atoms with E-state index < -0.39 is 22.2 Å². The van der Waals surface area contributed by atoms with E-state index in [1.54, 1.807) is 0 Å². The number of hydrogen-bond donors (Lipinski definition) is 2. The lowest BCUT2D eigenvalue weighted by atomic mass is 9.72. The molecule has 2 aliphatic heterocycles. The van der Waals surface area contributed by atoms with Crippen molar-refractivity contribution < 1.29 is 14.5 Å². The van der Waals surface area contributed by atoms with E-state index in [1.165, 1.54) is 0 Å². The van der Waals surface area contributed by atoms with Gasteiger partial charge in [-0.1, -0.05) is 51.1 Å². The van der Waals surface area contributed by atoms with Gasteiger partial charge in [-0.25, -0.2) is 4.99 Å². The number of amidine groups is 1. The molecule has 0 radical (unpaired) electrons. The van der Waals surface area contributed by atoms with Crippen molar-refractivity contribution in [1.29, 1.82) is 10.5 Å². The molecule has 0 unspecified atom stereocenters. The summed E-state index contributed by atoms with van der Waals surface area (Å²) in [4.78, 5) is 3.03. The molecular weight excluding hydrogens is 340 g/mol. The van der Waals surface area contributed by atoms with Crippen LogP contribution in [0, 0.1) is 38.9 Å². The fourth-order valence-electron chi connectivity index (χ4n) is 5.79. The van der Waals surface area contributed by atoms with Crippen molar-refractivity contribution in [3.63, 3.8) is 0 Å². The van der Waals surface area contributed by atoms with Crippen LogP contribution < -0.4 is 10.7 Å². The third-order valence-electron chi connectivity index (χ3n) is 6.93. The van der Waals surface area contributed by atoms with Crippen LogP contribution in [0.1, 0.15) is 39.7 Å². The van der Waals surface area contributed by atoms with E-state index in [4.69, 9.17) is 15.2 Å². The zero-order valence-electron chi connectivity index (χ0n) is 16.2. The van der Waals surface area contributed by atoms with Gasteiger partial charge in [0.05, 0.1) is 24.8 Å². The third-order valence-corrected chi connectivity index (χ3v) is 6.93. The number of fused-ring (bicyclic) bond motifs is 2. The standard InChI is InChI=1S/C21H24N4O2/c1-14-10-26-21(27-14)20(13-23)18(4,19(20,12-22)16(24)25-21)11-17(2,3)15-8-6-5-7-9-15/h5-9,14H,10-11H2,1-4H3,(H2,24,25)/p+1/t14-,18+,19+,20-,21-/m1/s1. The zero-order chi connectivity index (χ0) is 19.7. The monoisotopic (exact) mass is 365 g/mol. The molecule has 6 nitrogen and oxygen atoms in total. The molecule has 1 saturated carbocycles. The molecular formula is C21H25N4O2+. The Morgan fingerprint density at radius 3 is 2.44 bits per heavy atom. The second-order valence-electron chi connectivity index (χ2n) is 8.88. The molecule has 3 N–H and O–H groups in total. The van der Waals surface area contributed by atoms with Gasteiger partial charge in [0.1, 0.15) is 0 Å². The fraction of sp³-hybridized carbons (Fsp3) is 0.571. The van der Waals surface area contributed by atoms with E-state index >= 15 is 0 Å². The van der Waals surface area contributed by atoms with Gasteiger partial charge in [-0.2, -0.15) is 10.5 Å². The van der Waals surface area contributed by atoms with E-state index in [0.717, 1.165) is 5.56 Å². The van der Waals surface area contributed by atoms with Gasteiger partial charge in [0.15, 0.2) is 10.8 Å². The maximum atomic E-state index is 10.3. The third kappa shape index (κ3) is 1.74. The van der Waals surface area contributed by atoms with Crippen LogP contribution in [0.15, 0.2) is 30.3 Å². The van der Waals surface area contributed by atoms with Crippen LogP contribution in [0.5, 0.6) is 0 Å². The summed E-state index contributed by atoms with van der Waals surface area (Å²) in [5.74, 6) is -1.10. The number of nitrogens with zero attached hydrogens (tertiary/aromatic N) is 2. The van der Waals surface area contributed by atoms with Gasteiger partial charge in [0, 0.05) is 5.41 Å². The topological polar surface area (TPSA) is 106 Å². The highest BCUT2D eigenvalue weighted by atomic mass is 16.8. The van der Waals surface area contributed by atoms with Crippen LogP contribution in [0.25, 0.3) is 0 Å². The van der Waals surface area contributed by atoms with Crippen LogP contribution >= 0.6 is 0 Å². The number of nitriles is 2. The maximum absolute atomic E-state index is 10.3. The van der Waals surface area contributed by atoms with Crippen molar-refractivity contribution in [1.82, 2.24) is 0 Å².